The van der Waals surface area contributed by atoms with E-state index in [2.05, 4.69) is 0 Å². The number of rotatable bonds is 4. The van der Waals surface area contributed by atoms with Crippen LogP contribution >= 0.6 is 7.60 Å². The molecule has 4 heteroatoms. The van der Waals surface area contributed by atoms with Gasteiger partial charge in [-0.2, -0.15) is 0 Å². The van der Waals surface area contributed by atoms with E-state index in [0.717, 1.165) is 11.1 Å². The molecule has 84 valence electrons. The van der Waals surface area contributed by atoms with E-state index in [-0.39, 0.29) is 5.66 Å². The highest BCUT2D eigenvalue weighted by atomic mass is 31.2. The van der Waals surface area contributed by atoms with Crippen LogP contribution in [0.2, 0.25) is 0 Å². The molecule has 1 aromatic carbocycles. The van der Waals surface area contributed by atoms with Gasteiger partial charge in [-0.1, -0.05) is 24.3 Å². The Morgan fingerprint density at radius 2 is 1.73 bits per heavy atom. The van der Waals surface area contributed by atoms with E-state index in [1.54, 1.807) is 0 Å². The molecular formula is C11H17O3P. The Kier molecular flexibility index (Phi) is 4.09. The van der Waals surface area contributed by atoms with Crippen molar-refractivity contribution in [1.82, 2.24) is 0 Å². The van der Waals surface area contributed by atoms with Crippen LogP contribution in [0, 0.1) is 6.92 Å². The summed E-state index contributed by atoms with van der Waals surface area (Å²) in [4.78, 5) is 0. The van der Waals surface area contributed by atoms with E-state index in [0.29, 0.717) is 0 Å². The summed E-state index contributed by atoms with van der Waals surface area (Å²) in [5.74, 6) is 0. The lowest BCUT2D eigenvalue weighted by Gasteiger charge is -2.22. The minimum absolute atomic E-state index is 0.242. The van der Waals surface area contributed by atoms with Crippen molar-refractivity contribution >= 4 is 7.60 Å². The molecule has 1 atom stereocenters. The first-order valence-corrected chi connectivity index (χ1v) is 6.43. The molecule has 0 saturated heterocycles. The molecule has 0 aromatic heterocycles. The van der Waals surface area contributed by atoms with E-state index in [1.165, 1.54) is 14.2 Å². The van der Waals surface area contributed by atoms with Crippen LogP contribution in [0.5, 0.6) is 0 Å². The first kappa shape index (κ1) is 12.4. The molecule has 0 bridgehead atoms. The van der Waals surface area contributed by atoms with Crippen molar-refractivity contribution in [3.8, 4) is 0 Å². The molecule has 0 amide bonds. The minimum Gasteiger partial charge on any atom is -0.312 e. The topological polar surface area (TPSA) is 35.5 Å². The fourth-order valence-corrected chi connectivity index (χ4v) is 3.03. The van der Waals surface area contributed by atoms with Crippen molar-refractivity contribution in [2.45, 2.75) is 19.5 Å². The number of hydrogen-bond donors (Lipinski definition) is 0. The number of aryl methyl sites for hydroxylation is 1. The second-order valence-corrected chi connectivity index (χ2v) is 6.02. The summed E-state index contributed by atoms with van der Waals surface area (Å²) in [7, 11) is -0.190. The van der Waals surface area contributed by atoms with Crippen molar-refractivity contribution < 1.29 is 13.6 Å². The molecule has 0 fully saturated rings. The van der Waals surface area contributed by atoms with Crippen molar-refractivity contribution in [2.24, 2.45) is 0 Å². The van der Waals surface area contributed by atoms with Gasteiger partial charge in [-0.3, -0.25) is 4.57 Å². The normalized spacial score (nSPS) is 13.9. The van der Waals surface area contributed by atoms with E-state index >= 15 is 0 Å². The monoisotopic (exact) mass is 228 g/mol. The second kappa shape index (κ2) is 4.93. The SMILES string of the molecule is COP(=O)(OC)[C@H](C)c1ccccc1C. The Morgan fingerprint density at radius 1 is 1.20 bits per heavy atom. The van der Waals surface area contributed by atoms with Crippen LogP contribution in [0.25, 0.3) is 0 Å². The molecule has 0 saturated carbocycles. The largest absolute Gasteiger partial charge is 0.337 e. The molecule has 15 heavy (non-hydrogen) atoms. The molecule has 0 heterocycles. The van der Waals surface area contributed by atoms with Crippen LogP contribution < -0.4 is 0 Å². The van der Waals surface area contributed by atoms with Gasteiger partial charge in [-0.05, 0) is 25.0 Å². The average Bonchev–Trinajstić information content (AvgIpc) is 2.28. The maximum Gasteiger partial charge on any atom is 0.337 e. The van der Waals surface area contributed by atoms with E-state index in [1.807, 2.05) is 38.1 Å². The van der Waals surface area contributed by atoms with Gasteiger partial charge in [0, 0.05) is 14.2 Å². The van der Waals surface area contributed by atoms with E-state index < -0.39 is 7.60 Å². The molecule has 0 aliphatic heterocycles. The van der Waals surface area contributed by atoms with Gasteiger partial charge < -0.3 is 9.05 Å². The summed E-state index contributed by atoms with van der Waals surface area (Å²) in [6.07, 6.45) is 0. The fourth-order valence-electron chi connectivity index (χ4n) is 1.62. The van der Waals surface area contributed by atoms with Gasteiger partial charge in [0.25, 0.3) is 0 Å². The summed E-state index contributed by atoms with van der Waals surface area (Å²) >= 11 is 0. The van der Waals surface area contributed by atoms with Gasteiger partial charge in [-0.25, -0.2) is 0 Å². The van der Waals surface area contributed by atoms with Crippen LogP contribution in [0.4, 0.5) is 0 Å². The number of hydrogen-bond acceptors (Lipinski definition) is 3. The third-order valence-electron chi connectivity index (χ3n) is 2.62. The van der Waals surface area contributed by atoms with Gasteiger partial charge >= 0.3 is 7.60 Å². The first-order chi connectivity index (χ1) is 7.05. The summed E-state index contributed by atoms with van der Waals surface area (Å²) < 4.78 is 22.1. The Labute approximate surface area is 90.9 Å². The zero-order valence-electron chi connectivity index (χ0n) is 9.56. The predicted octanol–water partition coefficient (Wildman–Crippen LogP) is 3.54. The van der Waals surface area contributed by atoms with Gasteiger partial charge in [0.15, 0.2) is 0 Å². The number of benzene rings is 1. The van der Waals surface area contributed by atoms with Crippen molar-refractivity contribution in [1.29, 1.82) is 0 Å². The molecule has 3 nitrogen and oxygen atoms in total. The van der Waals surface area contributed by atoms with Crippen LogP contribution in [-0.2, 0) is 13.6 Å². The molecule has 0 aliphatic rings. The van der Waals surface area contributed by atoms with Crippen molar-refractivity contribution in [3.63, 3.8) is 0 Å². The predicted molar refractivity (Wildman–Crippen MR) is 61.2 cm³/mol. The van der Waals surface area contributed by atoms with Crippen LogP contribution in [0.1, 0.15) is 23.7 Å². The zero-order chi connectivity index (χ0) is 11.5. The second-order valence-electron chi connectivity index (χ2n) is 3.44. The lowest BCUT2D eigenvalue weighted by atomic mass is 10.1. The lowest BCUT2D eigenvalue weighted by molar-refractivity contribution is 0.267. The van der Waals surface area contributed by atoms with Crippen LogP contribution in [-0.4, -0.2) is 14.2 Å². The quantitative estimate of drug-likeness (QED) is 0.739. The summed E-state index contributed by atoms with van der Waals surface area (Å²) in [6.45, 7) is 3.84. The van der Waals surface area contributed by atoms with Gasteiger partial charge in [0.05, 0.1) is 5.66 Å². The fraction of sp³-hybridized carbons (Fsp3) is 0.455. The van der Waals surface area contributed by atoms with Gasteiger partial charge in [0.2, 0.25) is 0 Å². The molecule has 1 rings (SSSR count). The highest BCUT2D eigenvalue weighted by molar-refractivity contribution is 7.54. The first-order valence-electron chi connectivity index (χ1n) is 4.82. The smallest absolute Gasteiger partial charge is 0.312 e. The molecule has 0 radical (unpaired) electrons. The van der Waals surface area contributed by atoms with Crippen LogP contribution in [0.3, 0.4) is 0 Å². The molecule has 0 aliphatic carbocycles. The third kappa shape index (κ3) is 2.49. The van der Waals surface area contributed by atoms with E-state index in [4.69, 9.17) is 9.05 Å². The molecule has 1 aromatic rings. The van der Waals surface area contributed by atoms with Gasteiger partial charge in [0.1, 0.15) is 0 Å². The Balaban J connectivity index is 3.09. The molecule has 0 N–H and O–H groups in total. The van der Waals surface area contributed by atoms with Crippen molar-refractivity contribution in [2.75, 3.05) is 14.2 Å². The standard InChI is InChI=1S/C11H17O3P/c1-9-7-5-6-8-11(9)10(2)15(12,13-3)14-4/h5-8,10H,1-4H3/t10-/m1/s1. The minimum atomic E-state index is -3.02. The van der Waals surface area contributed by atoms with Crippen LogP contribution in [0.15, 0.2) is 24.3 Å². The molecule has 0 unspecified atom stereocenters. The Hall–Kier alpha value is -0.630. The Bertz CT molecular complexity index is 368. The summed E-state index contributed by atoms with van der Waals surface area (Å²) in [5, 5.41) is 0. The average molecular weight is 228 g/mol. The maximum absolute atomic E-state index is 12.2. The van der Waals surface area contributed by atoms with E-state index in [9.17, 15) is 4.57 Å². The maximum atomic E-state index is 12.2. The zero-order valence-corrected chi connectivity index (χ0v) is 10.5. The van der Waals surface area contributed by atoms with Gasteiger partial charge in [-0.15, -0.1) is 0 Å². The summed E-state index contributed by atoms with van der Waals surface area (Å²) in [5.41, 5.74) is 1.86. The summed E-state index contributed by atoms with van der Waals surface area (Å²) in [6, 6.07) is 7.82. The van der Waals surface area contributed by atoms with Crippen molar-refractivity contribution in [3.05, 3.63) is 35.4 Å². The molecular weight excluding hydrogens is 211 g/mol. The highest BCUT2D eigenvalue weighted by Gasteiger charge is 2.31. The molecule has 0 spiro atoms. The highest BCUT2D eigenvalue weighted by Crippen LogP contribution is 2.59. The third-order valence-corrected chi connectivity index (χ3v) is 4.87. The lowest BCUT2D eigenvalue weighted by Crippen LogP contribution is -2.01. The Morgan fingerprint density at radius 3 is 2.20 bits per heavy atom.